The summed E-state index contributed by atoms with van der Waals surface area (Å²) in [7, 11) is 0. The first-order chi connectivity index (χ1) is 8.45. The van der Waals surface area contributed by atoms with Crippen molar-refractivity contribution < 1.29 is 9.90 Å². The second-order valence-electron chi connectivity index (χ2n) is 5.00. The SMILES string of the molecule is CC1=NN(C(=O)C(C)C)C(O)(c2ccccc2)C1. The van der Waals surface area contributed by atoms with Crippen molar-refractivity contribution in [1.29, 1.82) is 0 Å². The van der Waals surface area contributed by atoms with Crippen LogP contribution in [0.3, 0.4) is 0 Å². The molecule has 0 radical (unpaired) electrons. The minimum Gasteiger partial charge on any atom is -0.365 e. The van der Waals surface area contributed by atoms with Crippen molar-refractivity contribution in [3.05, 3.63) is 35.9 Å². The highest BCUT2D eigenvalue weighted by atomic mass is 16.3. The lowest BCUT2D eigenvalue weighted by Crippen LogP contribution is -2.45. The molecule has 1 unspecified atom stereocenters. The second kappa shape index (κ2) is 4.53. The lowest BCUT2D eigenvalue weighted by atomic mass is 9.97. The average molecular weight is 246 g/mol. The summed E-state index contributed by atoms with van der Waals surface area (Å²) in [6, 6.07) is 9.20. The van der Waals surface area contributed by atoms with Gasteiger partial charge < -0.3 is 5.11 Å². The van der Waals surface area contributed by atoms with Crippen molar-refractivity contribution in [1.82, 2.24) is 5.01 Å². The van der Waals surface area contributed by atoms with Gasteiger partial charge >= 0.3 is 0 Å². The standard InChI is InChI=1S/C14H18N2O2/c1-10(2)13(17)16-14(18,9-11(3)15-16)12-7-5-4-6-8-12/h4-8,10,18H,9H2,1-3H3. The van der Waals surface area contributed by atoms with Gasteiger partial charge in [-0.25, -0.2) is 0 Å². The summed E-state index contributed by atoms with van der Waals surface area (Å²) in [4.78, 5) is 12.1. The third kappa shape index (κ3) is 2.04. The second-order valence-corrected chi connectivity index (χ2v) is 5.00. The summed E-state index contributed by atoms with van der Waals surface area (Å²) in [5.74, 6) is -0.368. The fourth-order valence-electron chi connectivity index (χ4n) is 2.13. The molecular formula is C14H18N2O2. The first-order valence-electron chi connectivity index (χ1n) is 6.11. The van der Waals surface area contributed by atoms with E-state index in [0.29, 0.717) is 12.0 Å². The molecule has 18 heavy (non-hydrogen) atoms. The van der Waals surface area contributed by atoms with Crippen molar-refractivity contribution in [2.24, 2.45) is 11.0 Å². The van der Waals surface area contributed by atoms with Gasteiger partial charge in [-0.3, -0.25) is 4.79 Å². The van der Waals surface area contributed by atoms with Crippen LogP contribution in [0.1, 0.15) is 32.8 Å². The molecule has 0 saturated heterocycles. The minimum atomic E-state index is -1.34. The number of hydrogen-bond acceptors (Lipinski definition) is 3. The highest BCUT2D eigenvalue weighted by Gasteiger charge is 2.45. The first kappa shape index (κ1) is 12.8. The third-order valence-corrected chi connectivity index (χ3v) is 3.06. The number of hydrazone groups is 1. The Labute approximate surface area is 107 Å². The summed E-state index contributed by atoms with van der Waals surface area (Å²) in [6.07, 6.45) is 0.357. The maximum atomic E-state index is 12.1. The minimum absolute atomic E-state index is 0.168. The highest BCUT2D eigenvalue weighted by Crippen LogP contribution is 2.35. The number of carbonyl (C=O) groups excluding carboxylic acids is 1. The van der Waals surface area contributed by atoms with Gasteiger partial charge in [0, 0.05) is 23.6 Å². The van der Waals surface area contributed by atoms with Gasteiger partial charge in [-0.05, 0) is 6.92 Å². The van der Waals surface area contributed by atoms with E-state index < -0.39 is 5.72 Å². The van der Waals surface area contributed by atoms with E-state index >= 15 is 0 Å². The van der Waals surface area contributed by atoms with Crippen LogP contribution in [0.25, 0.3) is 0 Å². The van der Waals surface area contributed by atoms with Crippen molar-refractivity contribution in [2.75, 3.05) is 0 Å². The predicted octanol–water partition coefficient (Wildman–Crippen LogP) is 2.10. The number of carbonyl (C=O) groups is 1. The van der Waals surface area contributed by atoms with Gasteiger partial charge in [0.05, 0.1) is 0 Å². The first-order valence-corrected chi connectivity index (χ1v) is 6.11. The average Bonchev–Trinajstić information content (AvgIpc) is 2.66. The molecule has 0 bridgehead atoms. The van der Waals surface area contributed by atoms with E-state index in [2.05, 4.69) is 5.10 Å². The quantitative estimate of drug-likeness (QED) is 0.868. The Bertz CT molecular complexity index is 482. The van der Waals surface area contributed by atoms with E-state index in [9.17, 15) is 9.90 Å². The van der Waals surface area contributed by atoms with Crippen LogP contribution in [0.15, 0.2) is 35.4 Å². The molecule has 1 heterocycles. The Balaban J connectivity index is 2.41. The van der Waals surface area contributed by atoms with Crippen molar-refractivity contribution in [3.8, 4) is 0 Å². The summed E-state index contributed by atoms with van der Waals surface area (Å²) < 4.78 is 0. The van der Waals surface area contributed by atoms with Gasteiger partial charge in [0.1, 0.15) is 0 Å². The molecule has 0 aliphatic carbocycles. The molecule has 2 rings (SSSR count). The predicted molar refractivity (Wildman–Crippen MR) is 69.7 cm³/mol. The van der Waals surface area contributed by atoms with Crippen LogP contribution >= 0.6 is 0 Å². The smallest absolute Gasteiger partial charge is 0.248 e. The monoisotopic (exact) mass is 246 g/mol. The molecule has 1 aromatic rings. The maximum Gasteiger partial charge on any atom is 0.248 e. The fourth-order valence-corrected chi connectivity index (χ4v) is 2.13. The van der Waals surface area contributed by atoms with Gasteiger partial charge in [-0.2, -0.15) is 10.1 Å². The van der Waals surface area contributed by atoms with Gasteiger partial charge in [-0.1, -0.05) is 44.2 Å². The van der Waals surface area contributed by atoms with E-state index in [-0.39, 0.29) is 11.8 Å². The Hall–Kier alpha value is -1.68. The number of hydrogen-bond donors (Lipinski definition) is 1. The highest BCUT2D eigenvalue weighted by molar-refractivity contribution is 5.89. The largest absolute Gasteiger partial charge is 0.365 e. The van der Waals surface area contributed by atoms with Crippen LogP contribution in [0, 0.1) is 5.92 Å². The van der Waals surface area contributed by atoms with E-state index in [1.807, 2.05) is 37.3 Å². The lowest BCUT2D eigenvalue weighted by molar-refractivity contribution is -0.161. The molecule has 1 N–H and O–H groups in total. The number of rotatable bonds is 2. The molecule has 4 heteroatoms. The van der Waals surface area contributed by atoms with Crippen molar-refractivity contribution >= 4 is 11.6 Å². The van der Waals surface area contributed by atoms with Crippen LogP contribution in [0.5, 0.6) is 0 Å². The Kier molecular flexibility index (Phi) is 3.22. The molecule has 96 valence electrons. The Morgan fingerprint density at radius 1 is 1.39 bits per heavy atom. The third-order valence-electron chi connectivity index (χ3n) is 3.06. The van der Waals surface area contributed by atoms with E-state index in [1.54, 1.807) is 13.8 Å². The lowest BCUT2D eigenvalue weighted by Gasteiger charge is -2.32. The van der Waals surface area contributed by atoms with Crippen LogP contribution < -0.4 is 0 Å². The van der Waals surface area contributed by atoms with Crippen molar-refractivity contribution in [3.63, 3.8) is 0 Å². The van der Waals surface area contributed by atoms with Gasteiger partial charge in [-0.15, -0.1) is 0 Å². The molecule has 0 fully saturated rings. The maximum absolute atomic E-state index is 12.1. The van der Waals surface area contributed by atoms with Gasteiger partial charge in [0.15, 0.2) is 5.72 Å². The zero-order chi connectivity index (χ0) is 13.3. The molecule has 0 aromatic heterocycles. The number of aliphatic hydroxyl groups is 1. The zero-order valence-electron chi connectivity index (χ0n) is 10.9. The molecule has 0 spiro atoms. The normalized spacial score (nSPS) is 23.4. The topological polar surface area (TPSA) is 52.9 Å². The summed E-state index contributed by atoms with van der Waals surface area (Å²) in [6.45, 7) is 5.43. The Morgan fingerprint density at radius 2 is 2.00 bits per heavy atom. The van der Waals surface area contributed by atoms with Crippen LogP contribution in [0.4, 0.5) is 0 Å². The molecule has 1 aromatic carbocycles. The van der Waals surface area contributed by atoms with E-state index in [0.717, 1.165) is 5.71 Å². The number of amides is 1. The van der Waals surface area contributed by atoms with E-state index in [4.69, 9.17) is 0 Å². The van der Waals surface area contributed by atoms with Crippen LogP contribution in [-0.2, 0) is 10.5 Å². The number of nitrogens with zero attached hydrogens (tertiary/aromatic N) is 2. The molecule has 4 nitrogen and oxygen atoms in total. The molecule has 1 atom stereocenters. The van der Waals surface area contributed by atoms with Crippen molar-refractivity contribution in [2.45, 2.75) is 32.9 Å². The van der Waals surface area contributed by atoms with Crippen LogP contribution in [-0.4, -0.2) is 21.7 Å². The van der Waals surface area contributed by atoms with Gasteiger partial charge in [0.25, 0.3) is 0 Å². The number of benzene rings is 1. The molecule has 0 saturated carbocycles. The molecule has 1 amide bonds. The summed E-state index contributed by atoms with van der Waals surface area (Å²) in [5.41, 5.74) is 0.113. The summed E-state index contributed by atoms with van der Waals surface area (Å²) >= 11 is 0. The summed E-state index contributed by atoms with van der Waals surface area (Å²) in [5, 5.41) is 16.2. The molecule has 1 aliphatic heterocycles. The molecule has 1 aliphatic rings. The zero-order valence-corrected chi connectivity index (χ0v) is 10.9. The van der Waals surface area contributed by atoms with E-state index in [1.165, 1.54) is 5.01 Å². The fraction of sp³-hybridized carbons (Fsp3) is 0.429. The van der Waals surface area contributed by atoms with Gasteiger partial charge in [0.2, 0.25) is 5.91 Å². The Morgan fingerprint density at radius 3 is 2.56 bits per heavy atom. The molecular weight excluding hydrogens is 228 g/mol. The van der Waals surface area contributed by atoms with Crippen LogP contribution in [0.2, 0.25) is 0 Å².